The summed E-state index contributed by atoms with van der Waals surface area (Å²) >= 11 is 0. The normalized spacial score (nSPS) is 11.8. The van der Waals surface area contributed by atoms with Gasteiger partial charge >= 0.3 is 6.18 Å². The lowest BCUT2D eigenvalue weighted by Gasteiger charge is -2.15. The maximum atomic E-state index is 13.2. The third-order valence-corrected chi connectivity index (χ3v) is 5.83. The van der Waals surface area contributed by atoms with Crippen molar-refractivity contribution in [1.82, 2.24) is 9.97 Å². The number of aromatic nitrogens is 2. The topological polar surface area (TPSA) is 64.1 Å². The zero-order valence-electron chi connectivity index (χ0n) is 20.0. The third-order valence-electron chi connectivity index (χ3n) is 5.83. The van der Waals surface area contributed by atoms with E-state index >= 15 is 0 Å². The predicted molar refractivity (Wildman–Crippen MR) is 135 cm³/mol. The van der Waals surface area contributed by atoms with Crippen molar-refractivity contribution in [3.05, 3.63) is 94.9 Å². The highest BCUT2D eigenvalue weighted by atomic mass is 19.4. The Balaban J connectivity index is 1.62. The molecule has 5 nitrogen and oxygen atoms in total. The molecular formula is C28H24F3N3O2. The van der Waals surface area contributed by atoms with Gasteiger partial charge in [0, 0.05) is 29.9 Å². The summed E-state index contributed by atoms with van der Waals surface area (Å²) in [5.74, 6) is 0.0855. The predicted octanol–water partition coefficient (Wildman–Crippen LogP) is 6.84. The number of alkyl halides is 3. The molecule has 0 aliphatic heterocycles. The highest BCUT2D eigenvalue weighted by Crippen LogP contribution is 2.35. The number of carbonyl (C=O) groups excluding carboxylic acids is 1. The number of carbonyl (C=O) groups is 1. The standard InChI is InChI=1S/C28H24F3N3O2/c1-17-9-10-20(27(35)34-24-7-4-6-23(18(24)2)28(29,30)31)15-22(17)19-11-12-25-21(14-19)16-32-26(33-25)8-5-13-36-3/h4-12,14-16H,13H2,1-3H3,(H,34,35). The molecule has 0 atom stereocenters. The van der Waals surface area contributed by atoms with Crippen LogP contribution < -0.4 is 5.32 Å². The van der Waals surface area contributed by atoms with Crippen molar-refractivity contribution in [1.29, 1.82) is 0 Å². The Bertz CT molecular complexity index is 1460. The number of anilines is 1. The van der Waals surface area contributed by atoms with Gasteiger partial charge in [-0.1, -0.05) is 24.3 Å². The number of hydrogen-bond acceptors (Lipinski definition) is 4. The lowest BCUT2D eigenvalue weighted by atomic mass is 9.96. The zero-order chi connectivity index (χ0) is 25.9. The van der Waals surface area contributed by atoms with Crippen LogP contribution in [-0.2, 0) is 10.9 Å². The minimum absolute atomic E-state index is 0.0309. The Kier molecular flexibility index (Phi) is 7.17. The van der Waals surface area contributed by atoms with Crippen LogP contribution in [0.4, 0.5) is 18.9 Å². The SMILES string of the molecule is COCC=Cc1ncc2cc(-c3cc(C(=O)Nc4cccc(C(F)(F)F)c4C)ccc3C)ccc2n1. The number of fused-ring (bicyclic) bond motifs is 1. The number of ether oxygens (including phenoxy) is 1. The van der Waals surface area contributed by atoms with Crippen LogP contribution in [0.1, 0.15) is 32.9 Å². The van der Waals surface area contributed by atoms with Gasteiger partial charge in [0.2, 0.25) is 0 Å². The van der Waals surface area contributed by atoms with E-state index < -0.39 is 17.6 Å². The first-order valence-electron chi connectivity index (χ1n) is 11.2. The number of halogens is 3. The number of aryl methyl sites for hydroxylation is 1. The summed E-state index contributed by atoms with van der Waals surface area (Å²) in [7, 11) is 1.61. The van der Waals surface area contributed by atoms with Gasteiger partial charge in [0.15, 0.2) is 5.82 Å². The molecular weight excluding hydrogens is 467 g/mol. The van der Waals surface area contributed by atoms with Crippen LogP contribution in [0.3, 0.4) is 0 Å². The van der Waals surface area contributed by atoms with E-state index in [0.717, 1.165) is 33.7 Å². The summed E-state index contributed by atoms with van der Waals surface area (Å²) in [4.78, 5) is 21.8. The molecule has 0 saturated carbocycles. The molecule has 4 aromatic rings. The van der Waals surface area contributed by atoms with Crippen molar-refractivity contribution in [3.63, 3.8) is 0 Å². The van der Waals surface area contributed by atoms with E-state index in [1.807, 2.05) is 37.3 Å². The smallest absolute Gasteiger partial charge is 0.381 e. The minimum Gasteiger partial charge on any atom is -0.381 e. The molecule has 4 rings (SSSR count). The van der Waals surface area contributed by atoms with E-state index in [1.54, 1.807) is 31.5 Å². The van der Waals surface area contributed by atoms with E-state index in [9.17, 15) is 18.0 Å². The second-order valence-corrected chi connectivity index (χ2v) is 8.32. The molecule has 3 aromatic carbocycles. The highest BCUT2D eigenvalue weighted by molar-refractivity contribution is 6.05. The summed E-state index contributed by atoms with van der Waals surface area (Å²) in [6.07, 6.45) is 0.856. The first-order valence-corrected chi connectivity index (χ1v) is 11.2. The van der Waals surface area contributed by atoms with E-state index in [1.165, 1.54) is 19.1 Å². The number of hydrogen-bond donors (Lipinski definition) is 1. The molecule has 0 aliphatic rings. The average Bonchev–Trinajstić information content (AvgIpc) is 2.84. The third kappa shape index (κ3) is 5.44. The Morgan fingerprint density at radius 3 is 2.64 bits per heavy atom. The lowest BCUT2D eigenvalue weighted by Crippen LogP contribution is -2.15. The van der Waals surface area contributed by atoms with Gasteiger partial charge in [-0.2, -0.15) is 13.2 Å². The molecule has 184 valence electrons. The van der Waals surface area contributed by atoms with Crippen molar-refractivity contribution in [2.24, 2.45) is 0 Å². The lowest BCUT2D eigenvalue weighted by molar-refractivity contribution is -0.138. The van der Waals surface area contributed by atoms with Crippen LogP contribution in [0.2, 0.25) is 0 Å². The fourth-order valence-electron chi connectivity index (χ4n) is 3.89. The van der Waals surface area contributed by atoms with E-state index in [2.05, 4.69) is 15.3 Å². The first-order chi connectivity index (χ1) is 17.2. The molecule has 36 heavy (non-hydrogen) atoms. The average molecular weight is 492 g/mol. The molecule has 1 N–H and O–H groups in total. The molecule has 0 saturated heterocycles. The van der Waals surface area contributed by atoms with E-state index in [-0.39, 0.29) is 11.3 Å². The Morgan fingerprint density at radius 1 is 1.08 bits per heavy atom. The molecule has 0 radical (unpaired) electrons. The van der Waals surface area contributed by atoms with Crippen LogP contribution >= 0.6 is 0 Å². The molecule has 0 aliphatic carbocycles. The van der Waals surface area contributed by atoms with Gasteiger partial charge in [0.1, 0.15) is 0 Å². The van der Waals surface area contributed by atoms with E-state index in [0.29, 0.717) is 18.0 Å². The summed E-state index contributed by atoms with van der Waals surface area (Å²) in [6, 6.07) is 14.7. The number of amides is 1. The number of nitrogens with zero attached hydrogens (tertiary/aromatic N) is 2. The second kappa shape index (κ2) is 10.3. The van der Waals surface area contributed by atoms with Gasteiger partial charge < -0.3 is 10.1 Å². The van der Waals surface area contributed by atoms with Gasteiger partial charge in [0.05, 0.1) is 17.7 Å². The monoisotopic (exact) mass is 491 g/mol. The fraction of sp³-hybridized carbons (Fsp3) is 0.179. The van der Waals surface area contributed by atoms with Crippen molar-refractivity contribution in [3.8, 4) is 11.1 Å². The van der Waals surface area contributed by atoms with Crippen LogP contribution in [0, 0.1) is 13.8 Å². The number of rotatable bonds is 6. The van der Waals surface area contributed by atoms with Crippen LogP contribution in [-0.4, -0.2) is 29.6 Å². The van der Waals surface area contributed by atoms with Crippen LogP contribution in [0.5, 0.6) is 0 Å². The zero-order valence-corrected chi connectivity index (χ0v) is 20.0. The van der Waals surface area contributed by atoms with Crippen molar-refractivity contribution in [2.75, 3.05) is 19.0 Å². The molecule has 1 aromatic heterocycles. The Morgan fingerprint density at radius 2 is 1.89 bits per heavy atom. The summed E-state index contributed by atoms with van der Waals surface area (Å²) in [5.41, 5.74) is 3.07. The fourth-order valence-corrected chi connectivity index (χ4v) is 3.89. The van der Waals surface area contributed by atoms with Gasteiger partial charge in [-0.25, -0.2) is 9.97 Å². The van der Waals surface area contributed by atoms with Crippen LogP contribution in [0.15, 0.2) is 66.9 Å². The Labute approximate surface area is 206 Å². The van der Waals surface area contributed by atoms with Gasteiger partial charge in [-0.15, -0.1) is 0 Å². The van der Waals surface area contributed by atoms with Crippen molar-refractivity contribution >= 4 is 28.6 Å². The quantitative estimate of drug-likeness (QED) is 0.321. The summed E-state index contributed by atoms with van der Waals surface area (Å²) in [5, 5.41) is 3.46. The highest BCUT2D eigenvalue weighted by Gasteiger charge is 2.33. The molecule has 0 fully saturated rings. The van der Waals surface area contributed by atoms with Crippen molar-refractivity contribution < 1.29 is 22.7 Å². The van der Waals surface area contributed by atoms with Gasteiger partial charge in [0.25, 0.3) is 5.91 Å². The number of methoxy groups -OCH3 is 1. The first kappa shape index (κ1) is 25.1. The largest absolute Gasteiger partial charge is 0.416 e. The minimum atomic E-state index is -4.50. The molecule has 0 spiro atoms. The molecule has 1 heterocycles. The number of nitrogens with one attached hydrogen (secondary N) is 1. The van der Waals surface area contributed by atoms with Crippen molar-refractivity contribution in [2.45, 2.75) is 20.0 Å². The summed E-state index contributed by atoms with van der Waals surface area (Å²) in [6.45, 7) is 3.74. The second-order valence-electron chi connectivity index (χ2n) is 8.32. The van der Waals surface area contributed by atoms with E-state index in [4.69, 9.17) is 4.74 Å². The van der Waals surface area contributed by atoms with Gasteiger partial charge in [-0.3, -0.25) is 4.79 Å². The molecule has 0 bridgehead atoms. The maximum Gasteiger partial charge on any atom is 0.416 e. The molecule has 8 heteroatoms. The van der Waals surface area contributed by atoms with Gasteiger partial charge in [-0.05, 0) is 78.6 Å². The molecule has 0 unspecified atom stereocenters. The number of benzene rings is 3. The summed E-state index contributed by atoms with van der Waals surface area (Å²) < 4.78 is 44.7. The Hall–Kier alpha value is -4.04. The van der Waals surface area contributed by atoms with Crippen LogP contribution in [0.25, 0.3) is 28.1 Å². The maximum absolute atomic E-state index is 13.2. The molecule has 1 amide bonds.